The molecule has 0 bridgehead atoms. The van der Waals surface area contributed by atoms with Gasteiger partial charge in [0.1, 0.15) is 5.82 Å². The normalized spacial score (nSPS) is 11.0. The molecule has 2 N–H and O–H groups in total. The topological polar surface area (TPSA) is 96.0 Å². The number of benzene rings is 1. The monoisotopic (exact) mass is 263 g/mol. The second-order valence-corrected chi connectivity index (χ2v) is 4.28. The largest absolute Gasteiger partial charge is 0.337 e. The van der Waals surface area contributed by atoms with E-state index in [4.69, 9.17) is 0 Å². The van der Waals surface area contributed by atoms with Gasteiger partial charge >= 0.3 is 0 Å². The first-order chi connectivity index (χ1) is 9.90. The molecule has 7 heteroatoms. The van der Waals surface area contributed by atoms with Crippen molar-refractivity contribution in [1.82, 2.24) is 35.6 Å². The van der Waals surface area contributed by atoms with E-state index in [2.05, 4.69) is 35.6 Å². The van der Waals surface area contributed by atoms with Crippen LogP contribution in [0.4, 0.5) is 0 Å². The fourth-order valence-corrected chi connectivity index (χ4v) is 2.07. The van der Waals surface area contributed by atoms with Crippen molar-refractivity contribution in [2.75, 3.05) is 0 Å². The number of aromatic nitrogens is 7. The highest BCUT2D eigenvalue weighted by molar-refractivity contribution is 5.76. The smallest absolute Gasteiger partial charge is 0.204 e. The lowest BCUT2D eigenvalue weighted by atomic mass is 10.1. The van der Waals surface area contributed by atoms with Gasteiger partial charge in [0.25, 0.3) is 0 Å². The Labute approximate surface area is 113 Å². The fourth-order valence-electron chi connectivity index (χ4n) is 2.07. The second-order valence-electron chi connectivity index (χ2n) is 4.28. The van der Waals surface area contributed by atoms with E-state index in [-0.39, 0.29) is 0 Å². The minimum atomic E-state index is 0.557. The molecule has 0 unspecified atom stereocenters. The molecule has 0 aliphatic carbocycles. The summed E-state index contributed by atoms with van der Waals surface area (Å²) in [6, 6.07) is 11.6. The Morgan fingerprint density at radius 3 is 2.80 bits per heavy atom. The van der Waals surface area contributed by atoms with Crippen LogP contribution in [-0.2, 0) is 0 Å². The maximum atomic E-state index is 4.47. The van der Waals surface area contributed by atoms with Crippen molar-refractivity contribution < 1.29 is 0 Å². The summed E-state index contributed by atoms with van der Waals surface area (Å²) in [6.45, 7) is 0. The van der Waals surface area contributed by atoms with Gasteiger partial charge in [-0.2, -0.15) is 5.21 Å². The predicted molar refractivity (Wildman–Crippen MR) is 72.5 cm³/mol. The fraction of sp³-hybridized carbons (Fsp3) is 0. The minimum Gasteiger partial charge on any atom is -0.337 e. The van der Waals surface area contributed by atoms with Crippen LogP contribution in [0.25, 0.3) is 33.9 Å². The summed E-state index contributed by atoms with van der Waals surface area (Å²) in [5.74, 6) is 1.32. The Bertz CT molecular complexity index is 830. The Hall–Kier alpha value is -3.09. The van der Waals surface area contributed by atoms with Crippen LogP contribution in [0.3, 0.4) is 0 Å². The second kappa shape index (κ2) is 4.23. The standard InChI is InChI=1S/C13H9N7/c1-3-8(7-9(4-1)12-17-19-20-18-12)11-15-10-5-2-6-14-13(10)16-11/h1-7H,(H,14,15,16)(H,17,18,19,20). The first kappa shape index (κ1) is 10.8. The molecule has 20 heavy (non-hydrogen) atoms. The van der Waals surface area contributed by atoms with Gasteiger partial charge in [-0.05, 0) is 23.4 Å². The van der Waals surface area contributed by atoms with Crippen molar-refractivity contribution in [3.8, 4) is 22.8 Å². The molecule has 4 aromatic rings. The zero-order valence-electron chi connectivity index (χ0n) is 10.3. The number of nitrogens with one attached hydrogen (secondary N) is 2. The molecule has 1 aromatic carbocycles. The summed E-state index contributed by atoms with van der Waals surface area (Å²) < 4.78 is 0. The molecule has 0 saturated heterocycles. The zero-order valence-corrected chi connectivity index (χ0v) is 10.3. The van der Waals surface area contributed by atoms with E-state index < -0.39 is 0 Å². The molecule has 0 fully saturated rings. The number of aromatic amines is 2. The third-order valence-electron chi connectivity index (χ3n) is 3.00. The summed E-state index contributed by atoms with van der Waals surface area (Å²) in [7, 11) is 0. The average molecular weight is 263 g/mol. The third-order valence-corrected chi connectivity index (χ3v) is 3.00. The van der Waals surface area contributed by atoms with Crippen molar-refractivity contribution in [2.45, 2.75) is 0 Å². The zero-order chi connectivity index (χ0) is 13.4. The van der Waals surface area contributed by atoms with Gasteiger partial charge in [0.2, 0.25) is 5.82 Å². The number of hydrogen-bond acceptors (Lipinski definition) is 5. The number of fused-ring (bicyclic) bond motifs is 1. The Morgan fingerprint density at radius 2 is 1.95 bits per heavy atom. The minimum absolute atomic E-state index is 0.557. The summed E-state index contributed by atoms with van der Waals surface area (Å²) in [6.07, 6.45) is 1.72. The summed E-state index contributed by atoms with van der Waals surface area (Å²) in [5.41, 5.74) is 3.44. The van der Waals surface area contributed by atoms with Gasteiger partial charge in [-0.15, -0.1) is 10.2 Å². The number of imidazole rings is 1. The number of rotatable bonds is 2. The summed E-state index contributed by atoms with van der Waals surface area (Å²) in [5, 5.41) is 14.0. The van der Waals surface area contributed by atoms with E-state index in [0.717, 1.165) is 22.5 Å². The van der Waals surface area contributed by atoms with Crippen LogP contribution in [0, 0.1) is 0 Å². The first-order valence-electron chi connectivity index (χ1n) is 6.05. The van der Waals surface area contributed by atoms with Crippen LogP contribution < -0.4 is 0 Å². The maximum Gasteiger partial charge on any atom is 0.204 e. The van der Waals surface area contributed by atoms with Gasteiger partial charge in [-0.1, -0.05) is 18.2 Å². The van der Waals surface area contributed by atoms with Gasteiger partial charge in [0.05, 0.1) is 5.52 Å². The SMILES string of the molecule is c1cc(-c2nn[nH]n2)cc(-c2nc3ncccc3[nH]2)c1. The first-order valence-corrected chi connectivity index (χ1v) is 6.05. The van der Waals surface area contributed by atoms with Crippen LogP contribution in [0.1, 0.15) is 0 Å². The number of hydrogen-bond donors (Lipinski definition) is 2. The predicted octanol–water partition coefficient (Wildman–Crippen LogP) is 1.80. The van der Waals surface area contributed by atoms with Gasteiger partial charge < -0.3 is 4.98 Å². The number of H-pyrrole nitrogens is 2. The quantitative estimate of drug-likeness (QED) is 0.575. The molecule has 4 rings (SSSR count). The molecule has 0 atom stereocenters. The maximum absolute atomic E-state index is 4.47. The molecule has 0 aliphatic rings. The molecular weight excluding hydrogens is 254 g/mol. The van der Waals surface area contributed by atoms with Gasteiger partial charge in [0, 0.05) is 17.3 Å². The molecular formula is C13H9N7. The molecule has 0 amide bonds. The Morgan fingerprint density at radius 1 is 1.00 bits per heavy atom. The summed E-state index contributed by atoms with van der Waals surface area (Å²) >= 11 is 0. The van der Waals surface area contributed by atoms with Crippen LogP contribution in [0.2, 0.25) is 0 Å². The average Bonchev–Trinajstić information content (AvgIpc) is 3.16. The Balaban J connectivity index is 1.84. The van der Waals surface area contributed by atoms with E-state index in [1.54, 1.807) is 6.20 Å². The van der Waals surface area contributed by atoms with E-state index in [0.29, 0.717) is 11.5 Å². The van der Waals surface area contributed by atoms with Gasteiger partial charge in [-0.25, -0.2) is 9.97 Å². The lowest BCUT2D eigenvalue weighted by molar-refractivity contribution is 0.881. The van der Waals surface area contributed by atoms with Crippen molar-refractivity contribution in [3.05, 3.63) is 42.6 Å². The molecule has 0 radical (unpaired) electrons. The molecule has 3 heterocycles. The molecule has 0 spiro atoms. The van der Waals surface area contributed by atoms with Crippen LogP contribution >= 0.6 is 0 Å². The number of pyridine rings is 1. The highest BCUT2D eigenvalue weighted by Gasteiger charge is 2.08. The van der Waals surface area contributed by atoms with E-state index in [1.165, 1.54) is 0 Å². The van der Waals surface area contributed by atoms with E-state index in [1.807, 2.05) is 36.4 Å². The van der Waals surface area contributed by atoms with Crippen molar-refractivity contribution in [2.24, 2.45) is 0 Å². The Kier molecular flexibility index (Phi) is 2.28. The molecule has 0 saturated carbocycles. The van der Waals surface area contributed by atoms with Crippen molar-refractivity contribution in [1.29, 1.82) is 0 Å². The van der Waals surface area contributed by atoms with Gasteiger partial charge in [0.15, 0.2) is 5.65 Å². The highest BCUT2D eigenvalue weighted by atomic mass is 15.5. The van der Waals surface area contributed by atoms with Crippen LogP contribution in [0.5, 0.6) is 0 Å². The third kappa shape index (κ3) is 1.72. The van der Waals surface area contributed by atoms with E-state index >= 15 is 0 Å². The molecule has 3 aromatic heterocycles. The van der Waals surface area contributed by atoms with Crippen molar-refractivity contribution in [3.63, 3.8) is 0 Å². The highest BCUT2D eigenvalue weighted by Crippen LogP contribution is 2.23. The van der Waals surface area contributed by atoms with Crippen LogP contribution in [0.15, 0.2) is 42.6 Å². The molecule has 96 valence electrons. The lowest BCUT2D eigenvalue weighted by Gasteiger charge is -1.98. The molecule has 0 aliphatic heterocycles. The van der Waals surface area contributed by atoms with Gasteiger partial charge in [-0.3, -0.25) is 0 Å². The summed E-state index contributed by atoms with van der Waals surface area (Å²) in [4.78, 5) is 11.9. The number of tetrazole rings is 1. The van der Waals surface area contributed by atoms with E-state index in [9.17, 15) is 0 Å². The number of nitrogens with zero attached hydrogens (tertiary/aromatic N) is 5. The lowest BCUT2D eigenvalue weighted by Crippen LogP contribution is -1.85. The van der Waals surface area contributed by atoms with Crippen molar-refractivity contribution >= 4 is 11.2 Å². The van der Waals surface area contributed by atoms with Crippen LogP contribution in [-0.4, -0.2) is 35.6 Å². The molecule has 7 nitrogen and oxygen atoms in total.